The van der Waals surface area contributed by atoms with E-state index in [0.29, 0.717) is 0 Å². The lowest BCUT2D eigenvalue weighted by Crippen LogP contribution is -2.10. The summed E-state index contributed by atoms with van der Waals surface area (Å²) >= 11 is 0. The van der Waals surface area contributed by atoms with Gasteiger partial charge in [0.05, 0.1) is 5.52 Å². The number of aromatic nitrogens is 1. The molecule has 0 fully saturated rings. The highest BCUT2D eigenvalue weighted by Crippen LogP contribution is 2.19. The number of halogens is 1. The van der Waals surface area contributed by atoms with E-state index in [0.717, 1.165) is 22.3 Å². The van der Waals surface area contributed by atoms with Crippen LogP contribution in [-0.2, 0) is 0 Å². The van der Waals surface area contributed by atoms with Crippen molar-refractivity contribution in [3.63, 3.8) is 0 Å². The third kappa shape index (κ3) is 2.19. The van der Waals surface area contributed by atoms with Crippen molar-refractivity contribution in [2.75, 3.05) is 5.43 Å². The van der Waals surface area contributed by atoms with E-state index in [9.17, 15) is 0 Å². The Balaban J connectivity index is 0.00000112. The highest BCUT2D eigenvalue weighted by molar-refractivity contribution is 5.85. The minimum atomic E-state index is 0. The van der Waals surface area contributed by atoms with Gasteiger partial charge in [0.2, 0.25) is 0 Å². The number of nitrogens with two attached hydrogens (primary N) is 1. The van der Waals surface area contributed by atoms with E-state index in [2.05, 4.69) is 41.6 Å². The number of hydrogen-bond acceptors (Lipinski definition) is 3. The Morgan fingerprint density at radius 3 is 2.60 bits per heavy atom. The van der Waals surface area contributed by atoms with Gasteiger partial charge < -0.3 is 5.43 Å². The standard InChI is InChI=1S/C11H13N3.ClH/c1-7-3-4-9-6-8(2)11(14-12)13-10(9)5-7;/h3-6H,12H2,1-2H3,(H,13,14);1H. The molecule has 2 rings (SSSR count). The number of fused-ring (bicyclic) bond motifs is 1. The van der Waals surface area contributed by atoms with Gasteiger partial charge in [0.1, 0.15) is 5.82 Å². The van der Waals surface area contributed by atoms with Crippen LogP contribution in [0.15, 0.2) is 24.3 Å². The molecule has 0 saturated heterocycles. The molecule has 1 aromatic heterocycles. The van der Waals surface area contributed by atoms with E-state index >= 15 is 0 Å². The fourth-order valence-electron chi connectivity index (χ4n) is 1.53. The summed E-state index contributed by atoms with van der Waals surface area (Å²) in [7, 11) is 0. The largest absolute Gasteiger partial charge is 0.308 e. The first-order valence-electron chi connectivity index (χ1n) is 4.55. The first-order valence-corrected chi connectivity index (χ1v) is 4.55. The molecule has 4 heteroatoms. The summed E-state index contributed by atoms with van der Waals surface area (Å²) in [6.45, 7) is 4.04. The zero-order valence-electron chi connectivity index (χ0n) is 8.74. The molecule has 0 unspecified atom stereocenters. The Morgan fingerprint density at radius 2 is 1.93 bits per heavy atom. The summed E-state index contributed by atoms with van der Waals surface area (Å²) in [5, 5.41) is 1.15. The SMILES string of the molecule is Cc1ccc2cc(C)c(NN)nc2c1.Cl. The quantitative estimate of drug-likeness (QED) is 0.577. The van der Waals surface area contributed by atoms with Crippen LogP contribution in [-0.4, -0.2) is 4.98 Å². The predicted molar refractivity (Wildman–Crippen MR) is 66.3 cm³/mol. The average molecular weight is 224 g/mol. The van der Waals surface area contributed by atoms with Crippen molar-refractivity contribution < 1.29 is 0 Å². The maximum absolute atomic E-state index is 5.37. The van der Waals surface area contributed by atoms with Gasteiger partial charge in [0, 0.05) is 5.39 Å². The number of hydrazine groups is 1. The molecular formula is C11H14ClN3. The lowest BCUT2D eigenvalue weighted by Gasteiger charge is -2.06. The molecule has 2 aromatic rings. The van der Waals surface area contributed by atoms with Crippen molar-refractivity contribution in [2.24, 2.45) is 5.84 Å². The molecule has 0 aliphatic carbocycles. The fraction of sp³-hybridized carbons (Fsp3) is 0.182. The van der Waals surface area contributed by atoms with Crippen LogP contribution in [0.25, 0.3) is 10.9 Å². The highest BCUT2D eigenvalue weighted by Gasteiger charge is 2.01. The van der Waals surface area contributed by atoms with Gasteiger partial charge in [-0.1, -0.05) is 12.1 Å². The van der Waals surface area contributed by atoms with Crippen molar-refractivity contribution in [2.45, 2.75) is 13.8 Å². The van der Waals surface area contributed by atoms with E-state index in [1.54, 1.807) is 0 Å². The molecule has 80 valence electrons. The van der Waals surface area contributed by atoms with Gasteiger partial charge in [-0.25, -0.2) is 10.8 Å². The molecule has 3 nitrogen and oxygen atoms in total. The van der Waals surface area contributed by atoms with Crippen LogP contribution in [0, 0.1) is 13.8 Å². The smallest absolute Gasteiger partial charge is 0.143 e. The number of rotatable bonds is 1. The summed E-state index contributed by atoms with van der Waals surface area (Å²) in [5.41, 5.74) is 5.84. The number of nitrogen functional groups attached to an aromatic ring is 1. The summed E-state index contributed by atoms with van der Waals surface area (Å²) < 4.78 is 0. The Bertz CT molecular complexity index is 482. The van der Waals surface area contributed by atoms with Crippen LogP contribution in [0.5, 0.6) is 0 Å². The van der Waals surface area contributed by atoms with E-state index in [4.69, 9.17) is 5.84 Å². The third-order valence-corrected chi connectivity index (χ3v) is 2.30. The lowest BCUT2D eigenvalue weighted by molar-refractivity contribution is 1.22. The van der Waals surface area contributed by atoms with Gasteiger partial charge in [-0.15, -0.1) is 12.4 Å². The van der Waals surface area contributed by atoms with Gasteiger partial charge in [0.25, 0.3) is 0 Å². The molecule has 0 amide bonds. The molecule has 0 aliphatic heterocycles. The van der Waals surface area contributed by atoms with Crippen LogP contribution >= 0.6 is 12.4 Å². The molecule has 0 atom stereocenters. The van der Waals surface area contributed by atoms with Gasteiger partial charge in [-0.3, -0.25) is 0 Å². The molecule has 0 spiro atoms. The van der Waals surface area contributed by atoms with Crippen LogP contribution in [0.2, 0.25) is 0 Å². The van der Waals surface area contributed by atoms with Crippen molar-refractivity contribution >= 4 is 29.1 Å². The van der Waals surface area contributed by atoms with E-state index in [1.165, 1.54) is 5.56 Å². The summed E-state index contributed by atoms with van der Waals surface area (Å²) in [5.74, 6) is 6.11. The maximum atomic E-state index is 5.37. The molecular weight excluding hydrogens is 210 g/mol. The lowest BCUT2D eigenvalue weighted by atomic mass is 10.1. The normalized spacial score (nSPS) is 9.80. The topological polar surface area (TPSA) is 50.9 Å². The second-order valence-electron chi connectivity index (χ2n) is 3.49. The number of hydrogen-bond donors (Lipinski definition) is 2. The fourth-order valence-corrected chi connectivity index (χ4v) is 1.53. The maximum Gasteiger partial charge on any atom is 0.143 e. The monoisotopic (exact) mass is 223 g/mol. The number of benzene rings is 1. The van der Waals surface area contributed by atoms with Crippen LogP contribution in [0.4, 0.5) is 5.82 Å². The first-order chi connectivity index (χ1) is 6.70. The first kappa shape index (κ1) is 11.8. The number of nitrogens with one attached hydrogen (secondary N) is 1. The zero-order chi connectivity index (χ0) is 10.1. The van der Waals surface area contributed by atoms with Gasteiger partial charge in [-0.05, 0) is 37.1 Å². The summed E-state index contributed by atoms with van der Waals surface area (Å²) in [6, 6.07) is 8.29. The Kier molecular flexibility index (Phi) is 3.50. The Labute approximate surface area is 95.1 Å². The minimum absolute atomic E-state index is 0. The molecule has 0 saturated carbocycles. The number of aryl methyl sites for hydroxylation is 2. The molecule has 1 heterocycles. The zero-order valence-corrected chi connectivity index (χ0v) is 9.56. The van der Waals surface area contributed by atoms with E-state index < -0.39 is 0 Å². The average Bonchev–Trinajstić information content (AvgIpc) is 2.17. The van der Waals surface area contributed by atoms with Gasteiger partial charge in [-0.2, -0.15) is 0 Å². The van der Waals surface area contributed by atoms with Gasteiger partial charge >= 0.3 is 0 Å². The van der Waals surface area contributed by atoms with Crippen molar-refractivity contribution in [3.8, 4) is 0 Å². The van der Waals surface area contributed by atoms with Crippen LogP contribution in [0.1, 0.15) is 11.1 Å². The summed E-state index contributed by atoms with van der Waals surface area (Å²) in [6.07, 6.45) is 0. The second kappa shape index (κ2) is 4.47. The van der Waals surface area contributed by atoms with Gasteiger partial charge in [0.15, 0.2) is 0 Å². The number of anilines is 1. The van der Waals surface area contributed by atoms with Crippen molar-refractivity contribution in [1.82, 2.24) is 4.98 Å². The number of pyridine rings is 1. The second-order valence-corrected chi connectivity index (χ2v) is 3.49. The molecule has 3 N–H and O–H groups in total. The predicted octanol–water partition coefficient (Wildman–Crippen LogP) is 2.56. The van der Waals surface area contributed by atoms with Crippen LogP contribution < -0.4 is 11.3 Å². The summed E-state index contributed by atoms with van der Waals surface area (Å²) in [4.78, 5) is 4.42. The molecule has 0 bridgehead atoms. The minimum Gasteiger partial charge on any atom is -0.308 e. The molecule has 15 heavy (non-hydrogen) atoms. The van der Waals surface area contributed by atoms with Crippen molar-refractivity contribution in [1.29, 1.82) is 0 Å². The van der Waals surface area contributed by atoms with Crippen LogP contribution in [0.3, 0.4) is 0 Å². The van der Waals surface area contributed by atoms with Crippen molar-refractivity contribution in [3.05, 3.63) is 35.4 Å². The van der Waals surface area contributed by atoms with E-state index in [-0.39, 0.29) is 12.4 Å². The van der Waals surface area contributed by atoms with E-state index in [1.807, 2.05) is 6.92 Å². The Morgan fingerprint density at radius 1 is 1.20 bits per heavy atom. The molecule has 1 aromatic carbocycles. The third-order valence-electron chi connectivity index (χ3n) is 2.30. The molecule has 0 aliphatic rings. The molecule has 0 radical (unpaired) electrons. The Hall–Kier alpha value is -1.32. The highest BCUT2D eigenvalue weighted by atomic mass is 35.5. The number of nitrogens with zero attached hydrogens (tertiary/aromatic N) is 1.